The summed E-state index contributed by atoms with van der Waals surface area (Å²) in [4.78, 5) is 23.9. The van der Waals surface area contributed by atoms with Gasteiger partial charge in [0.1, 0.15) is 6.04 Å². The lowest BCUT2D eigenvalue weighted by Crippen LogP contribution is -2.62. The van der Waals surface area contributed by atoms with Crippen LogP contribution in [-0.2, 0) is 9.59 Å². The molecule has 0 saturated heterocycles. The number of hydrogen-bond donors (Lipinski definition) is 3. The van der Waals surface area contributed by atoms with Crippen molar-refractivity contribution in [2.75, 3.05) is 0 Å². The maximum absolute atomic E-state index is 12.6. The zero-order chi connectivity index (χ0) is 16.6. The van der Waals surface area contributed by atoms with E-state index in [0.717, 1.165) is 43.4 Å². The van der Waals surface area contributed by atoms with E-state index in [1.807, 2.05) is 6.92 Å². The summed E-state index contributed by atoms with van der Waals surface area (Å²) in [5.74, 6) is 1.46. The van der Waals surface area contributed by atoms with Crippen molar-refractivity contribution in [3.8, 4) is 0 Å². The second-order valence-electron chi connectivity index (χ2n) is 8.25. The molecule has 4 saturated carbocycles. The van der Waals surface area contributed by atoms with Gasteiger partial charge in [0.25, 0.3) is 0 Å². The van der Waals surface area contributed by atoms with Gasteiger partial charge in [0.05, 0.1) is 6.04 Å². The molecule has 4 bridgehead atoms. The molecule has 130 valence electrons. The highest BCUT2D eigenvalue weighted by molar-refractivity contribution is 5.83. The van der Waals surface area contributed by atoms with Crippen LogP contribution in [0.15, 0.2) is 0 Å². The van der Waals surface area contributed by atoms with Crippen molar-refractivity contribution in [1.82, 2.24) is 10.6 Å². The van der Waals surface area contributed by atoms with Crippen molar-refractivity contribution in [1.29, 1.82) is 0 Å². The molecule has 5 nitrogen and oxygen atoms in total. The monoisotopic (exact) mass is 322 g/mol. The molecule has 2 atom stereocenters. The Morgan fingerprint density at radius 3 is 2.09 bits per heavy atom. The fourth-order valence-corrected chi connectivity index (χ4v) is 5.58. The molecule has 4 aliphatic carbocycles. The second-order valence-corrected chi connectivity index (χ2v) is 8.25. The molecule has 0 spiro atoms. The molecule has 0 heterocycles. The Bertz CT molecular complexity index is 442. The molecule has 0 aromatic rings. The van der Waals surface area contributed by atoms with E-state index in [4.69, 9.17) is 0 Å². The molecule has 1 amide bonds. The minimum Gasteiger partial charge on any atom is -0.480 e. The van der Waals surface area contributed by atoms with Crippen LogP contribution in [0, 0.1) is 17.8 Å². The summed E-state index contributed by atoms with van der Waals surface area (Å²) < 4.78 is 0. The van der Waals surface area contributed by atoms with Crippen molar-refractivity contribution in [2.45, 2.75) is 82.8 Å². The summed E-state index contributed by atoms with van der Waals surface area (Å²) >= 11 is 0. The average molecular weight is 322 g/mol. The van der Waals surface area contributed by atoms with Crippen LogP contribution in [0.1, 0.15) is 65.2 Å². The first-order valence-corrected chi connectivity index (χ1v) is 9.21. The van der Waals surface area contributed by atoms with Crippen molar-refractivity contribution in [2.24, 2.45) is 17.8 Å². The number of carboxylic acids is 1. The fourth-order valence-electron chi connectivity index (χ4n) is 5.58. The number of aliphatic carboxylic acids is 1. The number of nitrogens with one attached hydrogen (secondary N) is 2. The molecule has 3 N–H and O–H groups in total. The number of carboxylic acid groups (broad SMARTS) is 1. The Hall–Kier alpha value is -1.10. The van der Waals surface area contributed by atoms with Gasteiger partial charge in [0, 0.05) is 5.54 Å². The van der Waals surface area contributed by atoms with E-state index in [9.17, 15) is 14.7 Å². The third kappa shape index (κ3) is 3.54. The minimum atomic E-state index is -0.874. The normalized spacial score (nSPS) is 37.4. The van der Waals surface area contributed by atoms with Crippen molar-refractivity contribution in [3.05, 3.63) is 0 Å². The summed E-state index contributed by atoms with van der Waals surface area (Å²) in [5, 5.41) is 15.5. The third-order valence-electron chi connectivity index (χ3n) is 6.15. The predicted molar refractivity (Wildman–Crippen MR) is 88.0 cm³/mol. The highest BCUT2D eigenvalue weighted by Crippen LogP contribution is 2.55. The number of carbonyl (C=O) groups is 2. The number of amides is 1. The van der Waals surface area contributed by atoms with Gasteiger partial charge in [0.2, 0.25) is 5.91 Å². The topological polar surface area (TPSA) is 78.4 Å². The Morgan fingerprint density at radius 2 is 1.65 bits per heavy atom. The molecule has 4 rings (SSSR count). The second kappa shape index (κ2) is 6.42. The first-order chi connectivity index (χ1) is 10.9. The summed E-state index contributed by atoms with van der Waals surface area (Å²) in [7, 11) is 0. The molecule has 23 heavy (non-hydrogen) atoms. The Kier molecular flexibility index (Phi) is 4.68. The zero-order valence-electron chi connectivity index (χ0n) is 14.3. The van der Waals surface area contributed by atoms with Gasteiger partial charge in [-0.05, 0) is 69.6 Å². The number of hydrogen-bond acceptors (Lipinski definition) is 3. The van der Waals surface area contributed by atoms with Gasteiger partial charge in [-0.1, -0.05) is 13.3 Å². The van der Waals surface area contributed by atoms with E-state index < -0.39 is 18.1 Å². The minimum absolute atomic E-state index is 0.00868. The largest absolute Gasteiger partial charge is 0.480 e. The Morgan fingerprint density at radius 1 is 1.13 bits per heavy atom. The Labute approximate surface area is 138 Å². The maximum atomic E-state index is 12.6. The molecule has 4 aliphatic rings. The summed E-state index contributed by atoms with van der Waals surface area (Å²) in [6.07, 6.45) is 8.73. The summed E-state index contributed by atoms with van der Waals surface area (Å²) in [6.45, 7) is 3.74. The molecule has 4 fully saturated rings. The molecule has 0 aliphatic heterocycles. The van der Waals surface area contributed by atoms with Crippen LogP contribution < -0.4 is 10.6 Å². The van der Waals surface area contributed by atoms with E-state index in [2.05, 4.69) is 10.6 Å². The quantitative estimate of drug-likeness (QED) is 0.672. The van der Waals surface area contributed by atoms with Crippen LogP contribution >= 0.6 is 0 Å². The molecular weight excluding hydrogens is 292 g/mol. The van der Waals surface area contributed by atoms with E-state index in [1.54, 1.807) is 6.92 Å². The highest BCUT2D eigenvalue weighted by atomic mass is 16.4. The van der Waals surface area contributed by atoms with Crippen LogP contribution in [0.5, 0.6) is 0 Å². The number of rotatable bonds is 7. The molecule has 0 radical (unpaired) electrons. The Balaban J connectivity index is 1.59. The van der Waals surface area contributed by atoms with Gasteiger partial charge in [-0.3, -0.25) is 14.9 Å². The number of carbonyl (C=O) groups excluding carboxylic acids is 1. The summed E-state index contributed by atoms with van der Waals surface area (Å²) in [5.41, 5.74) is -0.00868. The van der Waals surface area contributed by atoms with Crippen LogP contribution in [0.25, 0.3) is 0 Å². The predicted octanol–water partition coefficient (Wildman–Crippen LogP) is 2.30. The van der Waals surface area contributed by atoms with Crippen LogP contribution in [0.3, 0.4) is 0 Å². The van der Waals surface area contributed by atoms with E-state index in [1.165, 1.54) is 19.3 Å². The van der Waals surface area contributed by atoms with Crippen LogP contribution in [0.4, 0.5) is 0 Å². The molecular formula is C18H30N2O3. The van der Waals surface area contributed by atoms with E-state index in [0.29, 0.717) is 6.42 Å². The SMILES string of the molecule is CCCC(NC(C)C(=O)NC12CC3CC(CC(C3)C1)C2)C(=O)O. The van der Waals surface area contributed by atoms with E-state index in [-0.39, 0.29) is 11.4 Å². The first-order valence-electron chi connectivity index (χ1n) is 9.21. The third-order valence-corrected chi connectivity index (χ3v) is 6.15. The first kappa shape index (κ1) is 16.7. The lowest BCUT2D eigenvalue weighted by molar-refractivity contribution is -0.140. The van der Waals surface area contributed by atoms with Gasteiger partial charge in [-0.2, -0.15) is 0 Å². The van der Waals surface area contributed by atoms with Crippen molar-refractivity contribution >= 4 is 11.9 Å². The lowest BCUT2D eigenvalue weighted by Gasteiger charge is -2.57. The fraction of sp³-hybridized carbons (Fsp3) is 0.889. The average Bonchev–Trinajstić information content (AvgIpc) is 2.44. The van der Waals surface area contributed by atoms with Gasteiger partial charge < -0.3 is 10.4 Å². The molecule has 5 heteroatoms. The highest BCUT2D eigenvalue weighted by Gasteiger charge is 2.51. The van der Waals surface area contributed by atoms with E-state index >= 15 is 0 Å². The maximum Gasteiger partial charge on any atom is 0.320 e. The van der Waals surface area contributed by atoms with Gasteiger partial charge in [-0.25, -0.2) is 0 Å². The molecule has 0 aromatic carbocycles. The van der Waals surface area contributed by atoms with Crippen LogP contribution in [0.2, 0.25) is 0 Å². The van der Waals surface area contributed by atoms with Gasteiger partial charge in [0.15, 0.2) is 0 Å². The van der Waals surface area contributed by atoms with Crippen molar-refractivity contribution in [3.63, 3.8) is 0 Å². The van der Waals surface area contributed by atoms with Crippen molar-refractivity contribution < 1.29 is 14.7 Å². The summed E-state index contributed by atoms with van der Waals surface area (Å²) in [6, 6.07) is -1.10. The smallest absolute Gasteiger partial charge is 0.320 e. The molecule has 2 unspecified atom stereocenters. The lowest BCUT2D eigenvalue weighted by atomic mass is 9.53. The van der Waals surface area contributed by atoms with Gasteiger partial charge in [-0.15, -0.1) is 0 Å². The van der Waals surface area contributed by atoms with Gasteiger partial charge >= 0.3 is 5.97 Å². The molecule has 0 aromatic heterocycles. The zero-order valence-corrected chi connectivity index (χ0v) is 14.3. The standard InChI is InChI=1S/C18H30N2O3/c1-3-4-15(17(22)23)19-11(2)16(21)20-18-8-12-5-13(9-18)7-14(6-12)10-18/h11-15,19H,3-10H2,1-2H3,(H,20,21)(H,22,23). The van der Waals surface area contributed by atoms with Crippen LogP contribution in [-0.4, -0.2) is 34.6 Å².